The number of benzene rings is 1. The molecule has 2 fully saturated rings. The van der Waals surface area contributed by atoms with Crippen molar-refractivity contribution in [3.8, 4) is 0 Å². The van der Waals surface area contributed by atoms with Crippen LogP contribution in [0.15, 0.2) is 24.3 Å². The molecule has 1 aromatic carbocycles. The van der Waals surface area contributed by atoms with Gasteiger partial charge >= 0.3 is 0 Å². The van der Waals surface area contributed by atoms with Crippen molar-refractivity contribution in [2.24, 2.45) is 0 Å². The average molecular weight is 337 g/mol. The van der Waals surface area contributed by atoms with Crippen LogP contribution in [0.1, 0.15) is 12.0 Å². The molecule has 0 saturated carbocycles. The SMILES string of the molecule is Cl.Cl.Fc1ccc(CCN2CCC3(CNCCO3)C2)cc1. The molecular formula is C15H23Cl2FN2O. The summed E-state index contributed by atoms with van der Waals surface area (Å²) in [5.41, 5.74) is 1.24. The standard InChI is InChI=1S/C15H21FN2O.2ClH/c16-14-3-1-13(2-4-14)5-8-18-9-6-15(12-18)11-17-7-10-19-15;;/h1-4,17H,5-12H2;2*1H. The summed E-state index contributed by atoms with van der Waals surface area (Å²) < 4.78 is 18.8. The van der Waals surface area contributed by atoms with Crippen LogP contribution >= 0.6 is 24.8 Å². The second-order valence-corrected chi connectivity index (χ2v) is 5.61. The minimum absolute atomic E-state index is 0. The van der Waals surface area contributed by atoms with Gasteiger partial charge in [-0.05, 0) is 30.5 Å². The molecule has 1 atom stereocenters. The van der Waals surface area contributed by atoms with Gasteiger partial charge in [0.05, 0.1) is 12.2 Å². The number of hydrogen-bond donors (Lipinski definition) is 1. The first-order valence-electron chi connectivity index (χ1n) is 7.07. The molecule has 1 unspecified atom stereocenters. The lowest BCUT2D eigenvalue weighted by molar-refractivity contribution is -0.0571. The highest BCUT2D eigenvalue weighted by Crippen LogP contribution is 2.26. The number of rotatable bonds is 3. The molecule has 0 radical (unpaired) electrons. The Hall–Kier alpha value is -0.390. The molecule has 1 aromatic rings. The largest absolute Gasteiger partial charge is 0.371 e. The lowest BCUT2D eigenvalue weighted by atomic mass is 10.0. The maximum atomic E-state index is 12.8. The Morgan fingerprint density at radius 3 is 2.67 bits per heavy atom. The third-order valence-corrected chi connectivity index (χ3v) is 4.16. The van der Waals surface area contributed by atoms with Gasteiger partial charge in [-0.3, -0.25) is 4.90 Å². The maximum Gasteiger partial charge on any atom is 0.123 e. The van der Waals surface area contributed by atoms with Gasteiger partial charge in [-0.25, -0.2) is 4.39 Å². The highest BCUT2D eigenvalue weighted by Gasteiger charge is 2.39. The summed E-state index contributed by atoms with van der Waals surface area (Å²) in [6.07, 6.45) is 2.09. The molecule has 2 heterocycles. The van der Waals surface area contributed by atoms with Gasteiger partial charge in [0.2, 0.25) is 0 Å². The van der Waals surface area contributed by atoms with E-state index in [0.717, 1.165) is 52.2 Å². The Bertz CT molecular complexity index is 424. The van der Waals surface area contributed by atoms with Crippen LogP contribution in [0.25, 0.3) is 0 Å². The Balaban J connectivity index is 0.00000110. The average Bonchev–Trinajstić information content (AvgIpc) is 2.82. The fraction of sp³-hybridized carbons (Fsp3) is 0.600. The molecule has 3 nitrogen and oxygen atoms in total. The van der Waals surface area contributed by atoms with E-state index < -0.39 is 0 Å². The topological polar surface area (TPSA) is 24.5 Å². The van der Waals surface area contributed by atoms with Crippen LogP contribution in [-0.4, -0.2) is 49.8 Å². The van der Waals surface area contributed by atoms with Crippen LogP contribution < -0.4 is 5.32 Å². The summed E-state index contributed by atoms with van der Waals surface area (Å²) in [4.78, 5) is 2.45. The molecule has 0 aromatic heterocycles. The first-order valence-corrected chi connectivity index (χ1v) is 7.07. The van der Waals surface area contributed by atoms with E-state index in [1.54, 1.807) is 0 Å². The van der Waals surface area contributed by atoms with Crippen LogP contribution in [0.4, 0.5) is 4.39 Å². The Kier molecular flexibility index (Phi) is 7.37. The van der Waals surface area contributed by atoms with E-state index in [4.69, 9.17) is 4.74 Å². The summed E-state index contributed by atoms with van der Waals surface area (Å²) >= 11 is 0. The van der Waals surface area contributed by atoms with Crippen molar-refractivity contribution in [3.63, 3.8) is 0 Å². The van der Waals surface area contributed by atoms with Gasteiger partial charge in [-0.2, -0.15) is 0 Å². The fourth-order valence-corrected chi connectivity index (χ4v) is 3.03. The zero-order chi connectivity index (χ0) is 13.1. The number of likely N-dealkylation sites (tertiary alicyclic amines) is 1. The lowest BCUT2D eigenvalue weighted by Gasteiger charge is -2.34. The molecular weight excluding hydrogens is 314 g/mol. The summed E-state index contributed by atoms with van der Waals surface area (Å²) in [5, 5.41) is 3.42. The summed E-state index contributed by atoms with van der Waals surface area (Å²) in [7, 11) is 0. The zero-order valence-electron chi connectivity index (χ0n) is 12.0. The molecule has 2 aliphatic heterocycles. The molecule has 120 valence electrons. The van der Waals surface area contributed by atoms with Crippen LogP contribution in [0.5, 0.6) is 0 Å². The molecule has 2 saturated heterocycles. The van der Waals surface area contributed by atoms with Crippen molar-refractivity contribution in [3.05, 3.63) is 35.6 Å². The molecule has 21 heavy (non-hydrogen) atoms. The van der Waals surface area contributed by atoms with Gasteiger partial charge in [0.25, 0.3) is 0 Å². The van der Waals surface area contributed by atoms with Gasteiger partial charge in [0.1, 0.15) is 5.82 Å². The molecule has 6 heteroatoms. The van der Waals surface area contributed by atoms with Crippen LogP contribution in [0.3, 0.4) is 0 Å². The van der Waals surface area contributed by atoms with Gasteiger partial charge in [0.15, 0.2) is 0 Å². The Labute approximate surface area is 138 Å². The van der Waals surface area contributed by atoms with Crippen molar-refractivity contribution in [2.45, 2.75) is 18.4 Å². The fourth-order valence-electron chi connectivity index (χ4n) is 3.03. The van der Waals surface area contributed by atoms with Crippen LogP contribution in [-0.2, 0) is 11.2 Å². The van der Waals surface area contributed by atoms with Crippen molar-refractivity contribution < 1.29 is 9.13 Å². The molecule has 0 bridgehead atoms. The van der Waals surface area contributed by atoms with E-state index >= 15 is 0 Å². The van der Waals surface area contributed by atoms with Crippen molar-refractivity contribution in [1.29, 1.82) is 0 Å². The van der Waals surface area contributed by atoms with Crippen LogP contribution in [0.2, 0.25) is 0 Å². The molecule has 1 spiro atoms. The lowest BCUT2D eigenvalue weighted by Crippen LogP contribution is -2.51. The number of nitrogens with one attached hydrogen (secondary N) is 1. The highest BCUT2D eigenvalue weighted by molar-refractivity contribution is 5.85. The second-order valence-electron chi connectivity index (χ2n) is 5.61. The van der Waals surface area contributed by atoms with Gasteiger partial charge in [-0.1, -0.05) is 12.1 Å². The van der Waals surface area contributed by atoms with Crippen molar-refractivity contribution in [1.82, 2.24) is 10.2 Å². The molecule has 1 N–H and O–H groups in total. The van der Waals surface area contributed by atoms with E-state index in [1.165, 1.54) is 17.7 Å². The van der Waals surface area contributed by atoms with Gasteiger partial charge < -0.3 is 10.1 Å². The maximum absolute atomic E-state index is 12.8. The van der Waals surface area contributed by atoms with E-state index in [9.17, 15) is 4.39 Å². The number of ether oxygens (including phenoxy) is 1. The number of hydrogen-bond acceptors (Lipinski definition) is 3. The molecule has 3 rings (SSSR count). The van der Waals surface area contributed by atoms with E-state index in [1.807, 2.05) is 12.1 Å². The van der Waals surface area contributed by atoms with E-state index in [0.29, 0.717) is 0 Å². The van der Waals surface area contributed by atoms with E-state index in [-0.39, 0.29) is 36.2 Å². The predicted molar refractivity (Wildman–Crippen MR) is 87.2 cm³/mol. The number of halogens is 3. The van der Waals surface area contributed by atoms with Crippen LogP contribution in [0, 0.1) is 5.82 Å². The summed E-state index contributed by atoms with van der Waals surface area (Å²) in [5.74, 6) is -0.162. The summed E-state index contributed by atoms with van der Waals surface area (Å²) in [6, 6.07) is 6.82. The third kappa shape index (κ3) is 4.80. The third-order valence-electron chi connectivity index (χ3n) is 4.16. The monoisotopic (exact) mass is 336 g/mol. The minimum atomic E-state index is -0.162. The number of nitrogens with zero attached hydrogens (tertiary/aromatic N) is 1. The van der Waals surface area contributed by atoms with Crippen molar-refractivity contribution in [2.75, 3.05) is 39.3 Å². The minimum Gasteiger partial charge on any atom is -0.371 e. The molecule has 0 aliphatic carbocycles. The Morgan fingerprint density at radius 1 is 1.24 bits per heavy atom. The second kappa shape index (κ2) is 8.30. The van der Waals surface area contributed by atoms with Gasteiger partial charge in [-0.15, -0.1) is 24.8 Å². The van der Waals surface area contributed by atoms with E-state index in [2.05, 4.69) is 10.2 Å². The molecule has 0 amide bonds. The Morgan fingerprint density at radius 2 is 2.00 bits per heavy atom. The smallest absolute Gasteiger partial charge is 0.123 e. The number of morpholine rings is 1. The quantitative estimate of drug-likeness (QED) is 0.916. The summed E-state index contributed by atoms with van der Waals surface area (Å²) in [6.45, 7) is 5.91. The normalized spacial score (nSPS) is 25.4. The highest BCUT2D eigenvalue weighted by atomic mass is 35.5. The predicted octanol–water partition coefficient (Wildman–Crippen LogP) is 2.28. The first-order chi connectivity index (χ1) is 9.26. The first kappa shape index (κ1) is 18.7. The van der Waals surface area contributed by atoms with Gasteiger partial charge in [0, 0.05) is 32.7 Å². The van der Waals surface area contributed by atoms with Crippen molar-refractivity contribution >= 4 is 24.8 Å². The zero-order valence-corrected chi connectivity index (χ0v) is 13.6. The molecule has 2 aliphatic rings.